The van der Waals surface area contributed by atoms with Crippen LogP contribution in [0.3, 0.4) is 0 Å². The van der Waals surface area contributed by atoms with E-state index < -0.39 is 23.3 Å². The minimum Gasteiger partial charge on any atom is -0.444 e. The summed E-state index contributed by atoms with van der Waals surface area (Å²) >= 11 is 1.22. The molecular weight excluding hydrogens is 438 g/mol. The lowest BCUT2D eigenvalue weighted by Crippen LogP contribution is -2.51. The Morgan fingerprint density at radius 2 is 1.91 bits per heavy atom. The van der Waals surface area contributed by atoms with E-state index in [0.717, 1.165) is 12.1 Å². The normalized spacial score (nSPS) is 16.4. The molecule has 1 aromatic heterocycles. The van der Waals surface area contributed by atoms with Crippen LogP contribution in [0.4, 0.5) is 18.7 Å². The molecule has 32 heavy (non-hydrogen) atoms. The first kappa shape index (κ1) is 24.1. The van der Waals surface area contributed by atoms with Crippen molar-refractivity contribution in [3.63, 3.8) is 0 Å². The van der Waals surface area contributed by atoms with Gasteiger partial charge in [-0.15, -0.1) is 11.3 Å². The third kappa shape index (κ3) is 6.46. The van der Waals surface area contributed by atoms with Gasteiger partial charge in [-0.2, -0.15) is 0 Å². The van der Waals surface area contributed by atoms with Gasteiger partial charge in [0.1, 0.15) is 5.60 Å². The van der Waals surface area contributed by atoms with Crippen LogP contribution in [-0.2, 0) is 9.53 Å². The van der Waals surface area contributed by atoms with Gasteiger partial charge >= 0.3 is 6.09 Å². The third-order valence-electron chi connectivity index (χ3n) is 5.13. The van der Waals surface area contributed by atoms with Crippen molar-refractivity contribution in [2.75, 3.05) is 18.4 Å². The van der Waals surface area contributed by atoms with Gasteiger partial charge in [-0.1, -0.05) is 0 Å². The fourth-order valence-corrected chi connectivity index (χ4v) is 4.12. The van der Waals surface area contributed by atoms with Gasteiger partial charge in [0.25, 0.3) is 0 Å². The minimum atomic E-state index is -0.945. The number of rotatable bonds is 5. The SMILES string of the molecule is CC(C(=O)Nc1nc(-c2ccc(F)c(F)c2)cs1)N1CCC(NC(=O)OC(C)(C)C)CC1. The van der Waals surface area contributed by atoms with Crippen LogP contribution in [0, 0.1) is 11.6 Å². The van der Waals surface area contributed by atoms with Gasteiger partial charge in [0.05, 0.1) is 11.7 Å². The van der Waals surface area contributed by atoms with Crippen LogP contribution in [0.15, 0.2) is 23.6 Å². The van der Waals surface area contributed by atoms with Crippen molar-refractivity contribution in [1.82, 2.24) is 15.2 Å². The molecule has 0 saturated carbocycles. The van der Waals surface area contributed by atoms with Crippen molar-refractivity contribution in [2.45, 2.75) is 58.2 Å². The lowest BCUT2D eigenvalue weighted by Gasteiger charge is -2.35. The van der Waals surface area contributed by atoms with E-state index in [1.54, 1.807) is 5.38 Å². The molecule has 1 saturated heterocycles. The van der Waals surface area contributed by atoms with Crippen molar-refractivity contribution < 1.29 is 23.1 Å². The van der Waals surface area contributed by atoms with Crippen molar-refractivity contribution in [3.05, 3.63) is 35.2 Å². The molecule has 3 rings (SSSR count). The monoisotopic (exact) mass is 466 g/mol. The average molecular weight is 467 g/mol. The number of carbonyl (C=O) groups excluding carboxylic acids is 2. The molecule has 0 aliphatic carbocycles. The van der Waals surface area contributed by atoms with Crippen LogP contribution >= 0.6 is 11.3 Å². The lowest BCUT2D eigenvalue weighted by atomic mass is 10.0. The Labute approximate surface area is 190 Å². The number of anilines is 1. The molecule has 2 heterocycles. The molecule has 1 fully saturated rings. The molecule has 1 aromatic carbocycles. The van der Waals surface area contributed by atoms with Crippen LogP contribution in [0.2, 0.25) is 0 Å². The number of nitrogens with zero attached hydrogens (tertiary/aromatic N) is 2. The highest BCUT2D eigenvalue weighted by atomic mass is 32.1. The summed E-state index contributed by atoms with van der Waals surface area (Å²) < 4.78 is 31.9. The molecule has 1 aliphatic rings. The summed E-state index contributed by atoms with van der Waals surface area (Å²) in [7, 11) is 0. The molecule has 2 amide bonds. The van der Waals surface area contributed by atoms with Crippen LogP contribution in [0.1, 0.15) is 40.5 Å². The number of thiazole rings is 1. The van der Waals surface area contributed by atoms with E-state index in [-0.39, 0.29) is 18.0 Å². The first-order valence-corrected chi connectivity index (χ1v) is 11.3. The Kier molecular flexibility index (Phi) is 7.45. The second-order valence-electron chi connectivity index (χ2n) is 8.79. The second-order valence-corrected chi connectivity index (χ2v) is 9.65. The largest absolute Gasteiger partial charge is 0.444 e. The number of likely N-dealkylation sites (tertiary alicyclic amines) is 1. The van der Waals surface area contributed by atoms with Gasteiger partial charge in [-0.25, -0.2) is 18.6 Å². The molecule has 1 atom stereocenters. The molecule has 0 spiro atoms. The molecule has 2 aromatic rings. The fourth-order valence-electron chi connectivity index (χ4n) is 3.40. The van der Waals surface area contributed by atoms with Crippen LogP contribution in [0.25, 0.3) is 11.3 Å². The first-order valence-electron chi connectivity index (χ1n) is 10.5. The summed E-state index contributed by atoms with van der Waals surface area (Å²) in [6, 6.07) is 3.19. The number of aromatic nitrogens is 1. The molecule has 1 aliphatic heterocycles. The predicted octanol–water partition coefficient (Wildman–Crippen LogP) is 4.40. The minimum absolute atomic E-state index is 0.00832. The number of benzene rings is 1. The molecule has 0 radical (unpaired) electrons. The summed E-state index contributed by atoms with van der Waals surface area (Å²) in [6.45, 7) is 8.59. The van der Waals surface area contributed by atoms with Crippen LogP contribution in [-0.4, -0.2) is 52.7 Å². The Bertz CT molecular complexity index is 968. The zero-order valence-electron chi connectivity index (χ0n) is 18.6. The highest BCUT2D eigenvalue weighted by Crippen LogP contribution is 2.26. The van der Waals surface area contributed by atoms with Gasteiger partial charge in [-0.3, -0.25) is 9.69 Å². The fraction of sp³-hybridized carbons (Fsp3) is 0.500. The number of halogens is 2. The van der Waals surface area contributed by atoms with E-state index in [4.69, 9.17) is 4.74 Å². The van der Waals surface area contributed by atoms with Crippen molar-refractivity contribution in [1.29, 1.82) is 0 Å². The summed E-state index contributed by atoms with van der Waals surface area (Å²) in [6.07, 6.45) is 1.00. The van der Waals surface area contributed by atoms with Crippen molar-refractivity contribution in [2.24, 2.45) is 0 Å². The van der Waals surface area contributed by atoms with Gasteiger partial charge in [0, 0.05) is 30.1 Å². The number of nitrogens with one attached hydrogen (secondary N) is 2. The summed E-state index contributed by atoms with van der Waals surface area (Å²) in [5.41, 5.74) is 0.358. The van der Waals surface area contributed by atoms with E-state index in [1.807, 2.05) is 32.6 Å². The quantitative estimate of drug-likeness (QED) is 0.682. The smallest absolute Gasteiger partial charge is 0.407 e. The van der Waals surface area contributed by atoms with Gasteiger partial charge in [-0.05, 0) is 58.7 Å². The maximum Gasteiger partial charge on any atom is 0.407 e. The van der Waals surface area contributed by atoms with E-state index in [9.17, 15) is 18.4 Å². The van der Waals surface area contributed by atoms with Gasteiger partial charge in [0.2, 0.25) is 5.91 Å². The maximum atomic E-state index is 13.5. The zero-order chi connectivity index (χ0) is 23.5. The number of amides is 2. The van der Waals surface area contributed by atoms with Crippen LogP contribution < -0.4 is 10.6 Å². The van der Waals surface area contributed by atoms with E-state index in [0.29, 0.717) is 42.3 Å². The van der Waals surface area contributed by atoms with E-state index in [1.165, 1.54) is 17.4 Å². The number of piperidine rings is 1. The number of ether oxygens (including phenoxy) is 1. The molecule has 1 unspecified atom stereocenters. The Morgan fingerprint density at radius 1 is 1.22 bits per heavy atom. The highest BCUT2D eigenvalue weighted by Gasteiger charge is 2.28. The number of hydrogen-bond donors (Lipinski definition) is 2. The zero-order valence-corrected chi connectivity index (χ0v) is 19.4. The molecule has 10 heteroatoms. The number of alkyl carbamates (subject to hydrolysis) is 1. The van der Waals surface area contributed by atoms with Crippen molar-refractivity contribution >= 4 is 28.5 Å². The molecular formula is C22H28F2N4O3S. The van der Waals surface area contributed by atoms with Gasteiger partial charge in [0.15, 0.2) is 16.8 Å². The summed E-state index contributed by atoms with van der Waals surface area (Å²) in [5, 5.41) is 7.75. The van der Waals surface area contributed by atoms with E-state index in [2.05, 4.69) is 15.6 Å². The highest BCUT2D eigenvalue weighted by molar-refractivity contribution is 7.14. The summed E-state index contributed by atoms with van der Waals surface area (Å²) in [4.78, 5) is 31.0. The molecule has 7 nitrogen and oxygen atoms in total. The Morgan fingerprint density at radius 3 is 2.53 bits per heavy atom. The van der Waals surface area contributed by atoms with Crippen LogP contribution in [0.5, 0.6) is 0 Å². The lowest BCUT2D eigenvalue weighted by molar-refractivity contribution is -0.121. The average Bonchev–Trinajstić information content (AvgIpc) is 3.17. The molecule has 2 N–H and O–H groups in total. The number of hydrogen-bond acceptors (Lipinski definition) is 6. The summed E-state index contributed by atoms with van der Waals surface area (Å²) in [5.74, 6) is -2.06. The molecule has 174 valence electrons. The number of carbonyl (C=O) groups is 2. The topological polar surface area (TPSA) is 83.6 Å². The van der Waals surface area contributed by atoms with Gasteiger partial charge < -0.3 is 15.4 Å². The Balaban J connectivity index is 1.50. The van der Waals surface area contributed by atoms with Crippen molar-refractivity contribution in [3.8, 4) is 11.3 Å². The third-order valence-corrected chi connectivity index (χ3v) is 5.88. The molecule has 0 bridgehead atoms. The standard InChI is InChI=1S/C22H28F2N4O3S/c1-13(28-9-7-15(8-10-28)25-21(30)31-22(2,3)4)19(29)27-20-26-18(12-32-20)14-5-6-16(23)17(24)11-14/h5-6,11-13,15H,7-10H2,1-4H3,(H,25,30)(H,26,27,29). The second kappa shape index (κ2) is 9.91. The first-order chi connectivity index (χ1) is 15.0. The Hall–Kier alpha value is -2.59. The maximum absolute atomic E-state index is 13.5. The predicted molar refractivity (Wildman–Crippen MR) is 120 cm³/mol. The van der Waals surface area contributed by atoms with E-state index >= 15 is 0 Å².